The number of anilines is 3. The van der Waals surface area contributed by atoms with Crippen molar-refractivity contribution in [3.63, 3.8) is 0 Å². The summed E-state index contributed by atoms with van der Waals surface area (Å²) < 4.78 is 28.5. The topological polar surface area (TPSA) is 100 Å². The van der Waals surface area contributed by atoms with Crippen LogP contribution in [0.4, 0.5) is 25.8 Å². The second kappa shape index (κ2) is 12.0. The quantitative estimate of drug-likeness (QED) is 0.167. The van der Waals surface area contributed by atoms with Gasteiger partial charge < -0.3 is 21.4 Å². The van der Waals surface area contributed by atoms with Crippen molar-refractivity contribution in [2.75, 3.05) is 23.7 Å². The van der Waals surface area contributed by atoms with E-state index < -0.39 is 12.0 Å². The van der Waals surface area contributed by atoms with Gasteiger partial charge in [0.25, 0.3) is 0 Å². The van der Waals surface area contributed by atoms with Crippen LogP contribution in [0.1, 0.15) is 23.6 Å². The zero-order chi connectivity index (χ0) is 29.2. The van der Waals surface area contributed by atoms with Crippen molar-refractivity contribution in [2.24, 2.45) is 0 Å². The maximum atomic E-state index is 14.7. The first-order chi connectivity index (χ1) is 20.4. The summed E-state index contributed by atoms with van der Waals surface area (Å²) in [5, 5.41) is 22.4. The highest BCUT2D eigenvalue weighted by molar-refractivity contribution is 6.36. The molecule has 0 bridgehead atoms. The maximum Gasteiger partial charge on any atom is 0.141 e. The van der Waals surface area contributed by atoms with E-state index in [2.05, 4.69) is 38.0 Å². The predicted octanol–water partition coefficient (Wildman–Crippen LogP) is 6.32. The number of nitrogens with one attached hydrogen (secondary N) is 5. The fraction of sp³-hybridized carbons (Fsp3) is 0.200. The van der Waals surface area contributed by atoms with E-state index >= 15 is 0 Å². The number of piperidine rings is 1. The predicted molar refractivity (Wildman–Crippen MR) is 161 cm³/mol. The standard InChI is InChI=1S/C30H26Cl2F2N8/c31-22-11-19(6-7-24(22)33)38-28-18(13-35)14-37-30-21(28)10-20(12-23(30)32)39-29(17-4-2-1-3-5-17)26-16-42(41-40-26)27-8-9-36-15-25(27)34/h1-7,10-12,14,16,25,27,29,36,39-41H,8-9,15H2,(H,37,38)/t25-,27?,29-/m0/s1. The van der Waals surface area contributed by atoms with Crippen LogP contribution < -0.4 is 26.9 Å². The molecule has 2 aliphatic rings. The molecule has 214 valence electrons. The smallest absolute Gasteiger partial charge is 0.141 e. The van der Waals surface area contributed by atoms with E-state index in [1.54, 1.807) is 11.1 Å². The number of hydrogen-bond donors (Lipinski definition) is 5. The molecule has 0 saturated carbocycles. The van der Waals surface area contributed by atoms with Crippen LogP contribution in [0.2, 0.25) is 10.0 Å². The number of hydrogen-bond acceptors (Lipinski definition) is 8. The Morgan fingerprint density at radius 2 is 1.88 bits per heavy atom. The highest BCUT2D eigenvalue weighted by Crippen LogP contribution is 2.37. The van der Waals surface area contributed by atoms with Gasteiger partial charge in [0.15, 0.2) is 0 Å². The Morgan fingerprint density at radius 1 is 1.07 bits per heavy atom. The number of benzene rings is 3. The molecule has 3 heterocycles. The number of pyridine rings is 1. The lowest BCUT2D eigenvalue weighted by Gasteiger charge is -2.33. The lowest BCUT2D eigenvalue weighted by atomic mass is 10.0. The van der Waals surface area contributed by atoms with E-state index in [9.17, 15) is 14.0 Å². The normalized spacial score (nSPS) is 19.1. The molecule has 2 aliphatic heterocycles. The van der Waals surface area contributed by atoms with Crippen LogP contribution in [-0.4, -0.2) is 35.3 Å². The van der Waals surface area contributed by atoms with Gasteiger partial charge in [0.2, 0.25) is 0 Å². The summed E-state index contributed by atoms with van der Waals surface area (Å²) in [5.41, 5.74) is 10.4. The second-order valence-corrected chi connectivity index (χ2v) is 10.9. The van der Waals surface area contributed by atoms with Gasteiger partial charge in [-0.25, -0.2) is 8.78 Å². The van der Waals surface area contributed by atoms with E-state index in [-0.39, 0.29) is 22.7 Å². The molecule has 6 rings (SSSR count). The monoisotopic (exact) mass is 606 g/mol. The van der Waals surface area contributed by atoms with Gasteiger partial charge >= 0.3 is 0 Å². The Kier molecular flexibility index (Phi) is 8.00. The molecule has 1 fully saturated rings. The summed E-state index contributed by atoms with van der Waals surface area (Å²) >= 11 is 12.7. The zero-order valence-electron chi connectivity index (χ0n) is 22.1. The maximum absolute atomic E-state index is 14.7. The molecular weight excluding hydrogens is 581 g/mol. The van der Waals surface area contributed by atoms with Crippen molar-refractivity contribution in [2.45, 2.75) is 24.7 Å². The van der Waals surface area contributed by atoms with Gasteiger partial charge in [-0.1, -0.05) is 53.5 Å². The summed E-state index contributed by atoms with van der Waals surface area (Å²) in [7, 11) is 0. The molecule has 3 aromatic carbocycles. The molecule has 1 unspecified atom stereocenters. The van der Waals surface area contributed by atoms with E-state index in [4.69, 9.17) is 23.2 Å². The molecule has 0 amide bonds. The molecule has 12 heteroatoms. The zero-order valence-corrected chi connectivity index (χ0v) is 23.6. The van der Waals surface area contributed by atoms with E-state index in [1.807, 2.05) is 42.6 Å². The molecule has 0 spiro atoms. The lowest BCUT2D eigenvalue weighted by molar-refractivity contribution is 0.0854. The van der Waals surface area contributed by atoms with Gasteiger partial charge in [0, 0.05) is 35.7 Å². The van der Waals surface area contributed by atoms with Crippen molar-refractivity contribution >= 4 is 51.2 Å². The Balaban J connectivity index is 1.39. The third-order valence-electron chi connectivity index (χ3n) is 7.33. The van der Waals surface area contributed by atoms with Crippen LogP contribution in [0.3, 0.4) is 0 Å². The highest BCUT2D eigenvalue weighted by atomic mass is 35.5. The molecule has 1 saturated heterocycles. The molecule has 8 nitrogen and oxygen atoms in total. The molecule has 0 aliphatic carbocycles. The molecule has 42 heavy (non-hydrogen) atoms. The van der Waals surface area contributed by atoms with Crippen LogP contribution in [0, 0.1) is 17.1 Å². The van der Waals surface area contributed by atoms with Gasteiger partial charge in [-0.15, -0.1) is 5.53 Å². The van der Waals surface area contributed by atoms with Crippen LogP contribution in [-0.2, 0) is 0 Å². The number of aromatic nitrogens is 1. The minimum Gasteiger partial charge on any atom is -0.373 e. The average molecular weight is 607 g/mol. The van der Waals surface area contributed by atoms with Crippen molar-refractivity contribution in [3.05, 3.63) is 106 Å². The Bertz CT molecular complexity index is 1690. The number of alkyl halides is 1. The Labute approximate surface area is 251 Å². The van der Waals surface area contributed by atoms with Gasteiger partial charge in [0.05, 0.1) is 44.6 Å². The van der Waals surface area contributed by atoms with E-state index in [1.165, 1.54) is 24.4 Å². The summed E-state index contributed by atoms with van der Waals surface area (Å²) in [6.07, 6.45) is 2.96. The third kappa shape index (κ3) is 5.65. The lowest BCUT2D eigenvalue weighted by Crippen LogP contribution is -2.53. The van der Waals surface area contributed by atoms with Gasteiger partial charge in [-0.2, -0.15) is 5.26 Å². The van der Waals surface area contributed by atoms with Gasteiger partial charge in [-0.05, 0) is 48.9 Å². The van der Waals surface area contributed by atoms with Crippen molar-refractivity contribution in [1.29, 1.82) is 5.26 Å². The minimum atomic E-state index is -1.02. The third-order valence-corrected chi connectivity index (χ3v) is 7.91. The average Bonchev–Trinajstić information content (AvgIpc) is 3.48. The first-order valence-electron chi connectivity index (χ1n) is 13.3. The number of hydrazine groups is 2. The fourth-order valence-corrected chi connectivity index (χ4v) is 5.67. The largest absolute Gasteiger partial charge is 0.373 e. The van der Waals surface area contributed by atoms with Crippen LogP contribution in [0.5, 0.6) is 0 Å². The molecule has 3 atom stereocenters. The van der Waals surface area contributed by atoms with Crippen LogP contribution in [0.25, 0.3) is 10.9 Å². The number of fused-ring (bicyclic) bond motifs is 1. The number of rotatable bonds is 7. The molecular formula is C30H26Cl2F2N8. The summed E-state index contributed by atoms with van der Waals surface area (Å²) in [4.78, 5) is 4.42. The summed E-state index contributed by atoms with van der Waals surface area (Å²) in [6, 6.07) is 19.1. The Hall–Kier alpha value is -4.14. The molecule has 0 radical (unpaired) electrons. The molecule has 4 aromatic rings. The van der Waals surface area contributed by atoms with Gasteiger partial charge in [-0.3, -0.25) is 9.99 Å². The van der Waals surface area contributed by atoms with Crippen molar-refractivity contribution in [1.82, 2.24) is 26.3 Å². The van der Waals surface area contributed by atoms with Gasteiger partial charge in [0.1, 0.15) is 18.1 Å². The summed E-state index contributed by atoms with van der Waals surface area (Å²) in [5.74, 6) is -0.547. The summed E-state index contributed by atoms with van der Waals surface area (Å²) in [6.45, 7) is 1.04. The first-order valence-corrected chi connectivity index (χ1v) is 14.1. The molecule has 1 aromatic heterocycles. The van der Waals surface area contributed by atoms with Crippen LogP contribution in [0.15, 0.2) is 78.8 Å². The molecule has 5 N–H and O–H groups in total. The second-order valence-electron chi connectivity index (χ2n) is 10.1. The minimum absolute atomic E-state index is 0.0495. The first kappa shape index (κ1) is 28.0. The van der Waals surface area contributed by atoms with E-state index in [0.29, 0.717) is 46.0 Å². The highest BCUT2D eigenvalue weighted by Gasteiger charge is 2.33. The van der Waals surface area contributed by atoms with Crippen molar-refractivity contribution in [3.8, 4) is 6.07 Å². The van der Waals surface area contributed by atoms with Crippen molar-refractivity contribution < 1.29 is 8.78 Å². The number of halogens is 4. The fourth-order valence-electron chi connectivity index (χ4n) is 5.22. The Morgan fingerprint density at radius 3 is 2.64 bits per heavy atom. The number of nitrogens with zero attached hydrogens (tertiary/aromatic N) is 3. The van der Waals surface area contributed by atoms with Crippen LogP contribution >= 0.6 is 23.2 Å². The number of nitriles is 1. The SMILES string of the molecule is N#Cc1cnc2c(Cl)cc(N[C@H](C3=CN(C4CCNC[C@@H]4F)NN3)c3ccccc3)cc2c1Nc1ccc(F)c(Cl)c1. The van der Waals surface area contributed by atoms with E-state index in [0.717, 1.165) is 17.8 Å².